The molecule has 2 aromatic rings. The number of nitro benzene ring substituents is 1. The van der Waals surface area contributed by atoms with Gasteiger partial charge in [-0.1, -0.05) is 12.1 Å². The lowest BCUT2D eigenvalue weighted by atomic mass is 10.00. The minimum Gasteiger partial charge on any atom is -0.467 e. The minimum atomic E-state index is -0.502. The molecule has 0 fully saturated rings. The average molecular weight is 415 g/mol. The van der Waals surface area contributed by atoms with Crippen molar-refractivity contribution in [3.63, 3.8) is 0 Å². The van der Waals surface area contributed by atoms with Crippen molar-refractivity contribution < 1.29 is 33.4 Å². The number of Topliss-reactive ketones (excluding diaryl/α,β-unsaturated/α-hetero) is 1. The summed E-state index contributed by atoms with van der Waals surface area (Å²) in [6.07, 6.45) is 1.46. The first-order chi connectivity index (χ1) is 14.4. The molecule has 0 bridgehead atoms. The fourth-order valence-electron chi connectivity index (χ4n) is 3.19. The van der Waals surface area contributed by atoms with Gasteiger partial charge in [0.15, 0.2) is 19.3 Å². The van der Waals surface area contributed by atoms with E-state index in [1.165, 1.54) is 38.5 Å². The first-order valence-corrected chi connectivity index (χ1v) is 8.98. The van der Waals surface area contributed by atoms with Gasteiger partial charge in [0.25, 0.3) is 5.69 Å². The van der Waals surface area contributed by atoms with Gasteiger partial charge in [-0.2, -0.15) is 0 Å². The number of fused-ring (bicyclic) bond motifs is 1. The normalized spacial score (nSPS) is 13.9. The molecule has 1 aliphatic heterocycles. The Balaban J connectivity index is 2.09. The van der Waals surface area contributed by atoms with Gasteiger partial charge in [-0.3, -0.25) is 14.9 Å². The lowest BCUT2D eigenvalue weighted by Crippen LogP contribution is -2.09. The number of carbonyl (C=O) groups excluding carboxylic acids is 1. The van der Waals surface area contributed by atoms with E-state index in [4.69, 9.17) is 23.7 Å². The highest BCUT2D eigenvalue weighted by Gasteiger charge is 2.36. The summed E-state index contributed by atoms with van der Waals surface area (Å²) >= 11 is 0. The lowest BCUT2D eigenvalue weighted by Gasteiger charge is -2.18. The molecule has 30 heavy (non-hydrogen) atoms. The highest BCUT2D eigenvalue weighted by atomic mass is 16.7. The van der Waals surface area contributed by atoms with Gasteiger partial charge in [-0.05, 0) is 25.5 Å². The highest BCUT2D eigenvalue weighted by molar-refractivity contribution is 6.17. The molecule has 2 aromatic carbocycles. The van der Waals surface area contributed by atoms with E-state index in [9.17, 15) is 14.9 Å². The van der Waals surface area contributed by atoms with Gasteiger partial charge >= 0.3 is 0 Å². The zero-order valence-electron chi connectivity index (χ0n) is 17.0. The van der Waals surface area contributed by atoms with Crippen molar-refractivity contribution >= 4 is 17.5 Å². The zero-order chi connectivity index (χ0) is 21.8. The summed E-state index contributed by atoms with van der Waals surface area (Å²) in [6, 6.07) is 5.92. The molecule has 158 valence electrons. The molecule has 0 amide bonds. The number of ether oxygens (including phenoxy) is 5. The van der Waals surface area contributed by atoms with Crippen LogP contribution in [0.3, 0.4) is 0 Å². The molecule has 0 atom stereocenters. The number of hydrogen-bond donors (Lipinski definition) is 0. The number of non-ortho nitro benzene ring substituents is 1. The maximum absolute atomic E-state index is 13.1. The summed E-state index contributed by atoms with van der Waals surface area (Å²) in [4.78, 5) is 23.6. The fourth-order valence-corrected chi connectivity index (χ4v) is 3.19. The van der Waals surface area contributed by atoms with Gasteiger partial charge in [0.2, 0.25) is 5.78 Å². The largest absolute Gasteiger partial charge is 0.467 e. The van der Waals surface area contributed by atoms with Crippen LogP contribution in [0.5, 0.6) is 17.2 Å². The Morgan fingerprint density at radius 2 is 1.73 bits per heavy atom. The van der Waals surface area contributed by atoms with Crippen LogP contribution >= 0.6 is 0 Å². The van der Waals surface area contributed by atoms with E-state index in [0.29, 0.717) is 28.2 Å². The quantitative estimate of drug-likeness (QED) is 0.277. The van der Waals surface area contributed by atoms with Crippen molar-refractivity contribution in [1.82, 2.24) is 0 Å². The number of nitrogens with zero attached hydrogens (tertiary/aromatic N) is 1. The standard InChI is InChI=1S/C21H21NO8/c1-12-19(28-10-26-3)13(2)21-17(20(12)29-11-27-4)18(23)16(30-21)9-14-6-5-7-15(8-14)22(24)25/h5-9H,10-11H2,1-4H3. The Kier molecular flexibility index (Phi) is 6.34. The third kappa shape index (κ3) is 3.98. The number of ketones is 1. The molecule has 0 N–H and O–H groups in total. The predicted molar refractivity (Wildman–Crippen MR) is 107 cm³/mol. The third-order valence-electron chi connectivity index (χ3n) is 4.50. The molecule has 1 aliphatic rings. The second-order valence-corrected chi connectivity index (χ2v) is 6.51. The van der Waals surface area contributed by atoms with Crippen LogP contribution < -0.4 is 14.2 Å². The maximum Gasteiger partial charge on any atom is 0.270 e. The minimum absolute atomic E-state index is 0.00844. The van der Waals surface area contributed by atoms with E-state index in [0.717, 1.165) is 0 Å². The second-order valence-electron chi connectivity index (χ2n) is 6.51. The van der Waals surface area contributed by atoms with Crippen LogP contribution in [-0.4, -0.2) is 38.5 Å². The van der Waals surface area contributed by atoms with Crippen molar-refractivity contribution in [3.8, 4) is 17.2 Å². The molecule has 0 saturated heterocycles. The van der Waals surface area contributed by atoms with E-state index in [2.05, 4.69) is 0 Å². The summed E-state index contributed by atoms with van der Waals surface area (Å²) in [5.41, 5.74) is 1.85. The Morgan fingerprint density at radius 3 is 2.37 bits per heavy atom. The van der Waals surface area contributed by atoms with E-state index >= 15 is 0 Å². The topological polar surface area (TPSA) is 106 Å². The van der Waals surface area contributed by atoms with E-state index in [-0.39, 0.29) is 36.3 Å². The van der Waals surface area contributed by atoms with Crippen LogP contribution in [0, 0.1) is 24.0 Å². The van der Waals surface area contributed by atoms with Crippen LogP contribution in [0.15, 0.2) is 30.0 Å². The second kappa shape index (κ2) is 8.93. The molecule has 9 nitrogen and oxygen atoms in total. The van der Waals surface area contributed by atoms with Crippen molar-refractivity contribution in [1.29, 1.82) is 0 Å². The zero-order valence-corrected chi connectivity index (χ0v) is 17.0. The van der Waals surface area contributed by atoms with Crippen molar-refractivity contribution in [2.75, 3.05) is 27.8 Å². The number of benzene rings is 2. The molecule has 0 aliphatic carbocycles. The maximum atomic E-state index is 13.1. The molecular formula is C21H21NO8. The van der Waals surface area contributed by atoms with Crippen molar-refractivity contribution in [2.45, 2.75) is 13.8 Å². The van der Waals surface area contributed by atoms with Gasteiger partial charge in [-0.25, -0.2) is 0 Å². The molecule has 0 aromatic heterocycles. The average Bonchev–Trinajstić information content (AvgIpc) is 3.04. The first kappa shape index (κ1) is 21.3. The molecule has 3 rings (SSSR count). The van der Waals surface area contributed by atoms with Crippen LogP contribution in [-0.2, 0) is 9.47 Å². The smallest absolute Gasteiger partial charge is 0.270 e. The summed E-state index contributed by atoms with van der Waals surface area (Å²) in [5, 5.41) is 11.0. The molecule has 1 heterocycles. The van der Waals surface area contributed by atoms with Crippen LogP contribution in [0.4, 0.5) is 5.69 Å². The van der Waals surface area contributed by atoms with Gasteiger partial charge in [-0.15, -0.1) is 0 Å². The molecule has 0 unspecified atom stereocenters. The predicted octanol–water partition coefficient (Wildman–Crippen LogP) is 3.79. The summed E-state index contributed by atoms with van der Waals surface area (Å²) in [7, 11) is 2.97. The van der Waals surface area contributed by atoms with E-state index < -0.39 is 10.7 Å². The van der Waals surface area contributed by atoms with Crippen LogP contribution in [0.2, 0.25) is 0 Å². The Bertz CT molecular complexity index is 1030. The summed E-state index contributed by atoms with van der Waals surface area (Å²) < 4.78 is 27.2. The van der Waals surface area contributed by atoms with Gasteiger partial charge in [0.1, 0.15) is 22.8 Å². The van der Waals surface area contributed by atoms with Crippen LogP contribution in [0.1, 0.15) is 27.0 Å². The molecule has 0 saturated carbocycles. The highest BCUT2D eigenvalue weighted by Crippen LogP contribution is 2.48. The van der Waals surface area contributed by atoms with Crippen molar-refractivity contribution in [3.05, 3.63) is 62.4 Å². The first-order valence-electron chi connectivity index (χ1n) is 8.98. The number of nitro groups is 1. The number of methoxy groups -OCH3 is 2. The lowest BCUT2D eigenvalue weighted by molar-refractivity contribution is -0.384. The molecule has 0 spiro atoms. The van der Waals surface area contributed by atoms with Gasteiger partial charge in [0, 0.05) is 37.5 Å². The fraction of sp³-hybridized carbons (Fsp3) is 0.286. The number of allylic oxidation sites excluding steroid dienone is 1. The summed E-state index contributed by atoms with van der Waals surface area (Å²) in [5.74, 6) is 0.702. The number of carbonyl (C=O) groups is 1. The monoisotopic (exact) mass is 415 g/mol. The Labute approximate surface area is 172 Å². The number of hydrogen-bond acceptors (Lipinski definition) is 8. The molecule has 0 radical (unpaired) electrons. The van der Waals surface area contributed by atoms with Gasteiger partial charge in [0.05, 0.1) is 4.92 Å². The molecular weight excluding hydrogens is 394 g/mol. The van der Waals surface area contributed by atoms with Gasteiger partial charge < -0.3 is 23.7 Å². The van der Waals surface area contributed by atoms with Crippen LogP contribution in [0.25, 0.3) is 6.08 Å². The third-order valence-corrected chi connectivity index (χ3v) is 4.50. The van der Waals surface area contributed by atoms with E-state index in [1.54, 1.807) is 19.9 Å². The molecule has 9 heteroatoms. The number of rotatable bonds is 8. The van der Waals surface area contributed by atoms with Crippen molar-refractivity contribution in [2.24, 2.45) is 0 Å². The Morgan fingerprint density at radius 1 is 1.07 bits per heavy atom. The Hall–Kier alpha value is -3.43. The SMILES string of the molecule is COCOc1c(C)c(OCOC)c2c(c1C)OC(=Cc1cccc([N+](=O)[O-])c1)C2=O. The summed E-state index contributed by atoms with van der Waals surface area (Å²) in [6.45, 7) is 3.46. The van der Waals surface area contributed by atoms with E-state index in [1.807, 2.05) is 0 Å².